The second-order valence-corrected chi connectivity index (χ2v) is 4.55. The summed E-state index contributed by atoms with van der Waals surface area (Å²) in [4.78, 5) is 9.84. The molecule has 0 fully saturated rings. The number of imidazole rings is 1. The highest BCUT2D eigenvalue weighted by molar-refractivity contribution is 5.16. The third-order valence-corrected chi connectivity index (χ3v) is 3.15. The first-order valence-corrected chi connectivity index (χ1v) is 6.23. The van der Waals surface area contributed by atoms with Crippen LogP contribution in [0.4, 0.5) is 0 Å². The van der Waals surface area contributed by atoms with Crippen LogP contribution in [0.1, 0.15) is 24.7 Å². The molecule has 92 valence electrons. The maximum Gasteiger partial charge on any atom is 0.0925 e. The van der Waals surface area contributed by atoms with Crippen LogP contribution >= 0.6 is 0 Å². The van der Waals surface area contributed by atoms with E-state index < -0.39 is 0 Å². The van der Waals surface area contributed by atoms with Gasteiger partial charge in [-0.15, -0.1) is 6.42 Å². The summed E-state index contributed by atoms with van der Waals surface area (Å²) in [6.45, 7) is 5.87. The van der Waals surface area contributed by atoms with E-state index in [1.807, 2.05) is 0 Å². The minimum atomic E-state index is 0.464. The van der Waals surface area contributed by atoms with Gasteiger partial charge >= 0.3 is 0 Å². The van der Waals surface area contributed by atoms with Crippen molar-refractivity contribution in [1.82, 2.24) is 20.2 Å². The summed E-state index contributed by atoms with van der Waals surface area (Å²) in [6.07, 6.45) is 9.30. The largest absolute Gasteiger partial charge is 0.347 e. The fraction of sp³-hybridized carbons (Fsp3) is 0.615. The van der Waals surface area contributed by atoms with Crippen LogP contribution in [0.5, 0.6) is 0 Å². The molecular formula is C13H20N4. The Morgan fingerprint density at radius 3 is 3.29 bits per heavy atom. The molecule has 0 bridgehead atoms. The highest BCUT2D eigenvalue weighted by Crippen LogP contribution is 2.12. The van der Waals surface area contributed by atoms with Gasteiger partial charge in [0.15, 0.2) is 0 Å². The lowest BCUT2D eigenvalue weighted by Gasteiger charge is -2.28. The Balaban J connectivity index is 1.90. The second kappa shape index (κ2) is 5.85. The molecule has 0 saturated heterocycles. The molecule has 4 nitrogen and oxygen atoms in total. The number of H-pyrrole nitrogens is 1. The van der Waals surface area contributed by atoms with Gasteiger partial charge < -0.3 is 10.3 Å². The van der Waals surface area contributed by atoms with E-state index >= 15 is 0 Å². The third-order valence-electron chi connectivity index (χ3n) is 3.15. The van der Waals surface area contributed by atoms with Crippen molar-refractivity contribution in [3.05, 3.63) is 17.7 Å². The zero-order valence-corrected chi connectivity index (χ0v) is 10.4. The van der Waals surface area contributed by atoms with Crippen LogP contribution in [-0.4, -0.2) is 40.5 Å². The SMILES string of the molecule is C#CCN(CCC)CC1Cc2nc[nH]c2CN1. The molecule has 2 rings (SSSR count). The van der Waals surface area contributed by atoms with Crippen LogP contribution < -0.4 is 5.32 Å². The van der Waals surface area contributed by atoms with Crippen LogP contribution in [0.25, 0.3) is 0 Å². The second-order valence-electron chi connectivity index (χ2n) is 4.55. The summed E-state index contributed by atoms with van der Waals surface area (Å²) in [5.74, 6) is 2.73. The third kappa shape index (κ3) is 3.09. The highest BCUT2D eigenvalue weighted by atomic mass is 15.1. The van der Waals surface area contributed by atoms with E-state index in [2.05, 4.69) is 33.0 Å². The molecule has 0 amide bonds. The molecule has 1 aliphatic heterocycles. The van der Waals surface area contributed by atoms with Crippen molar-refractivity contribution in [1.29, 1.82) is 0 Å². The Morgan fingerprint density at radius 1 is 1.65 bits per heavy atom. The standard InChI is InChI=1S/C13H20N4/c1-3-5-17(6-4-2)9-11-7-12-13(8-14-11)16-10-15-12/h1,10-11,14H,4-9H2,2H3,(H,15,16). The van der Waals surface area contributed by atoms with Gasteiger partial charge in [-0.25, -0.2) is 4.98 Å². The van der Waals surface area contributed by atoms with Crippen molar-refractivity contribution >= 4 is 0 Å². The monoisotopic (exact) mass is 232 g/mol. The number of hydrogen-bond donors (Lipinski definition) is 2. The van der Waals surface area contributed by atoms with Crippen LogP contribution in [0, 0.1) is 12.3 Å². The van der Waals surface area contributed by atoms with Crippen molar-refractivity contribution in [2.45, 2.75) is 32.4 Å². The van der Waals surface area contributed by atoms with Crippen molar-refractivity contribution in [3.8, 4) is 12.3 Å². The van der Waals surface area contributed by atoms with Gasteiger partial charge in [0.25, 0.3) is 0 Å². The molecule has 0 aliphatic carbocycles. The Kier molecular flexibility index (Phi) is 4.18. The fourth-order valence-corrected chi connectivity index (χ4v) is 2.35. The Labute approximate surface area is 103 Å². The minimum Gasteiger partial charge on any atom is -0.347 e. The van der Waals surface area contributed by atoms with Crippen molar-refractivity contribution < 1.29 is 0 Å². The molecule has 17 heavy (non-hydrogen) atoms. The molecule has 1 atom stereocenters. The zero-order chi connectivity index (χ0) is 12.1. The molecule has 2 heterocycles. The van der Waals surface area contributed by atoms with Crippen LogP contribution in [0.15, 0.2) is 6.33 Å². The Morgan fingerprint density at radius 2 is 2.53 bits per heavy atom. The van der Waals surface area contributed by atoms with Crippen LogP contribution in [0.3, 0.4) is 0 Å². The molecule has 0 aromatic carbocycles. The molecule has 4 heteroatoms. The first-order chi connectivity index (χ1) is 8.33. The van der Waals surface area contributed by atoms with E-state index in [1.54, 1.807) is 6.33 Å². The van der Waals surface area contributed by atoms with Gasteiger partial charge in [0, 0.05) is 25.6 Å². The molecule has 1 aromatic rings. The lowest BCUT2D eigenvalue weighted by atomic mass is 10.0. The van der Waals surface area contributed by atoms with Gasteiger partial charge in [-0.05, 0) is 13.0 Å². The molecule has 0 saturated carbocycles. The van der Waals surface area contributed by atoms with Crippen molar-refractivity contribution in [2.24, 2.45) is 0 Å². The first kappa shape index (κ1) is 12.2. The Hall–Kier alpha value is -1.31. The van der Waals surface area contributed by atoms with Crippen molar-refractivity contribution in [2.75, 3.05) is 19.6 Å². The quantitative estimate of drug-likeness (QED) is 0.737. The highest BCUT2D eigenvalue weighted by Gasteiger charge is 2.21. The van der Waals surface area contributed by atoms with Crippen molar-refractivity contribution in [3.63, 3.8) is 0 Å². The average Bonchev–Trinajstić information content (AvgIpc) is 2.77. The molecule has 1 aromatic heterocycles. The predicted octanol–water partition coefficient (Wildman–Crippen LogP) is 0.769. The Bertz CT molecular complexity index is 390. The number of fused-ring (bicyclic) bond motifs is 1. The van der Waals surface area contributed by atoms with E-state index in [0.29, 0.717) is 6.04 Å². The van der Waals surface area contributed by atoms with E-state index in [9.17, 15) is 0 Å². The van der Waals surface area contributed by atoms with E-state index in [0.717, 1.165) is 39.0 Å². The van der Waals surface area contributed by atoms with E-state index in [4.69, 9.17) is 6.42 Å². The average molecular weight is 232 g/mol. The smallest absolute Gasteiger partial charge is 0.0925 e. The van der Waals surface area contributed by atoms with Crippen LogP contribution in [0.2, 0.25) is 0 Å². The van der Waals surface area contributed by atoms with Gasteiger partial charge in [-0.3, -0.25) is 4.90 Å². The number of rotatable bonds is 5. The predicted molar refractivity (Wildman–Crippen MR) is 68.5 cm³/mol. The van der Waals surface area contributed by atoms with Gasteiger partial charge in [0.1, 0.15) is 0 Å². The molecule has 0 radical (unpaired) electrons. The minimum absolute atomic E-state index is 0.464. The maximum absolute atomic E-state index is 5.40. The molecule has 1 unspecified atom stereocenters. The number of hydrogen-bond acceptors (Lipinski definition) is 3. The number of nitrogens with zero attached hydrogens (tertiary/aromatic N) is 2. The summed E-state index contributed by atoms with van der Waals surface area (Å²) in [7, 11) is 0. The normalized spacial score (nSPS) is 19.0. The molecule has 0 spiro atoms. The van der Waals surface area contributed by atoms with E-state index in [-0.39, 0.29) is 0 Å². The summed E-state index contributed by atoms with van der Waals surface area (Å²) in [6, 6.07) is 0.464. The summed E-state index contributed by atoms with van der Waals surface area (Å²) >= 11 is 0. The topological polar surface area (TPSA) is 44.0 Å². The lowest BCUT2D eigenvalue weighted by Crippen LogP contribution is -2.45. The summed E-state index contributed by atoms with van der Waals surface area (Å²) in [5, 5.41) is 3.53. The molecular weight excluding hydrogens is 212 g/mol. The summed E-state index contributed by atoms with van der Waals surface area (Å²) < 4.78 is 0. The lowest BCUT2D eigenvalue weighted by molar-refractivity contribution is 0.260. The number of terminal acetylenes is 1. The van der Waals surface area contributed by atoms with Gasteiger partial charge in [-0.2, -0.15) is 0 Å². The first-order valence-electron chi connectivity index (χ1n) is 6.23. The molecule has 1 aliphatic rings. The van der Waals surface area contributed by atoms with E-state index in [1.165, 1.54) is 11.4 Å². The van der Waals surface area contributed by atoms with Crippen LogP contribution in [-0.2, 0) is 13.0 Å². The maximum atomic E-state index is 5.40. The zero-order valence-electron chi connectivity index (χ0n) is 10.4. The number of aromatic amines is 1. The fourth-order valence-electron chi connectivity index (χ4n) is 2.35. The van der Waals surface area contributed by atoms with Gasteiger partial charge in [-0.1, -0.05) is 12.8 Å². The van der Waals surface area contributed by atoms with Gasteiger partial charge in [0.2, 0.25) is 0 Å². The number of nitrogens with one attached hydrogen (secondary N) is 2. The summed E-state index contributed by atoms with van der Waals surface area (Å²) in [5.41, 5.74) is 2.42. The van der Waals surface area contributed by atoms with Gasteiger partial charge in [0.05, 0.1) is 24.3 Å². The molecule has 2 N–H and O–H groups in total. The number of aromatic nitrogens is 2.